The molecule has 0 unspecified atom stereocenters. The van der Waals surface area contributed by atoms with E-state index in [-0.39, 0.29) is 10.5 Å². The first kappa shape index (κ1) is 25.1. The number of halogens is 1. The lowest BCUT2D eigenvalue weighted by Gasteiger charge is -2.43. The summed E-state index contributed by atoms with van der Waals surface area (Å²) < 4.78 is 25.9. The highest BCUT2D eigenvalue weighted by Gasteiger charge is 2.53. The van der Waals surface area contributed by atoms with Gasteiger partial charge in [-0.3, -0.25) is 19.7 Å². The molecule has 0 aromatic heterocycles. The second-order valence-corrected chi connectivity index (χ2v) is 9.13. The Hall–Kier alpha value is -3.53. The summed E-state index contributed by atoms with van der Waals surface area (Å²) in [4.78, 5) is 48.7. The highest BCUT2D eigenvalue weighted by molar-refractivity contribution is 6.15. The summed E-state index contributed by atoms with van der Waals surface area (Å²) in [5, 5.41) is 11.5. The Bertz CT molecular complexity index is 1190. The normalized spacial score (nSPS) is 17.5. The first-order valence-corrected chi connectivity index (χ1v) is 10.7. The van der Waals surface area contributed by atoms with Crippen LogP contribution in [0.5, 0.6) is 11.5 Å². The molecule has 0 atom stereocenters. The van der Waals surface area contributed by atoms with Crippen LogP contribution in [0.15, 0.2) is 30.3 Å². The molecule has 2 aromatic rings. The molecule has 3 rings (SSSR count). The summed E-state index contributed by atoms with van der Waals surface area (Å²) in [6.07, 6.45) is 0.508. The zero-order valence-corrected chi connectivity index (χ0v) is 19.8. The molecule has 0 amide bonds. The first-order chi connectivity index (χ1) is 15.7. The molecule has 1 aliphatic heterocycles. The number of nitroso groups, excluding NO2 is 1. The maximum absolute atomic E-state index is 14.4. The molecule has 1 aliphatic rings. The number of ketones is 2. The maximum atomic E-state index is 14.4. The molecule has 0 radical (unpaired) electrons. The standard InChI is InChI=1S/C24H26FN2O7/c1-7-13-8-9-14(33-19-11-16(25)17(26(6)30)12-18(19)27(31)32)10-15(13)20-21(28)23(2,3)34-24(4,5)22(20)29/h8-12,20H,7H2,1-6H3/q+1. The van der Waals surface area contributed by atoms with Crippen molar-refractivity contribution < 1.29 is 33.1 Å². The number of Topliss-reactive ketones (excluding diaryl/α,β-unsaturated/α-hetero) is 2. The van der Waals surface area contributed by atoms with Crippen LogP contribution in [0.25, 0.3) is 0 Å². The average Bonchev–Trinajstić information content (AvgIpc) is 2.72. The number of carbonyl (C=O) groups excluding carboxylic acids is 2. The molecule has 1 fully saturated rings. The van der Waals surface area contributed by atoms with Gasteiger partial charge in [-0.15, -0.1) is 0 Å². The fourth-order valence-corrected chi connectivity index (χ4v) is 4.19. The zero-order chi connectivity index (χ0) is 25.6. The molecule has 10 heteroatoms. The summed E-state index contributed by atoms with van der Waals surface area (Å²) in [5.41, 5.74) is -2.43. The lowest BCUT2D eigenvalue weighted by Crippen LogP contribution is -2.58. The van der Waals surface area contributed by atoms with Gasteiger partial charge in [-0.2, -0.15) is 4.39 Å². The number of hydrogen-bond donors (Lipinski definition) is 0. The van der Waals surface area contributed by atoms with Crippen molar-refractivity contribution in [3.63, 3.8) is 0 Å². The van der Waals surface area contributed by atoms with Crippen molar-refractivity contribution in [3.05, 3.63) is 62.3 Å². The van der Waals surface area contributed by atoms with Crippen molar-refractivity contribution in [1.82, 2.24) is 0 Å². The summed E-state index contributed by atoms with van der Waals surface area (Å²) in [5.74, 6) is -3.30. The highest BCUT2D eigenvalue weighted by atomic mass is 19.1. The lowest BCUT2D eigenvalue weighted by molar-refractivity contribution is -0.432. The fourth-order valence-electron chi connectivity index (χ4n) is 4.19. The number of rotatable bonds is 6. The predicted octanol–water partition coefficient (Wildman–Crippen LogP) is 4.94. The number of nitro benzene ring substituents is 1. The second kappa shape index (κ2) is 8.68. The van der Waals surface area contributed by atoms with E-state index in [0.717, 1.165) is 24.7 Å². The Kier molecular flexibility index (Phi) is 6.41. The maximum Gasteiger partial charge on any atom is 0.318 e. The third kappa shape index (κ3) is 4.45. The minimum Gasteiger partial charge on any atom is -0.450 e. The van der Waals surface area contributed by atoms with Gasteiger partial charge in [0.1, 0.15) is 22.9 Å². The van der Waals surface area contributed by atoms with Crippen LogP contribution < -0.4 is 4.74 Å². The lowest BCUT2D eigenvalue weighted by atomic mass is 9.73. The van der Waals surface area contributed by atoms with Gasteiger partial charge in [0.05, 0.1) is 11.0 Å². The van der Waals surface area contributed by atoms with E-state index in [9.17, 15) is 29.0 Å². The van der Waals surface area contributed by atoms with Crippen LogP contribution in [0.4, 0.5) is 15.8 Å². The Morgan fingerprint density at radius 1 is 1.03 bits per heavy atom. The van der Waals surface area contributed by atoms with Crippen molar-refractivity contribution in [2.45, 2.75) is 58.2 Å². The third-order valence-corrected chi connectivity index (χ3v) is 5.82. The molecule has 0 aliphatic carbocycles. The summed E-state index contributed by atoms with van der Waals surface area (Å²) in [6.45, 7) is 8.27. The van der Waals surface area contributed by atoms with Crippen LogP contribution >= 0.6 is 0 Å². The number of ether oxygens (including phenoxy) is 2. The van der Waals surface area contributed by atoms with E-state index in [0.29, 0.717) is 12.0 Å². The van der Waals surface area contributed by atoms with Crippen LogP contribution in [-0.4, -0.2) is 39.5 Å². The zero-order valence-electron chi connectivity index (χ0n) is 19.8. The molecular weight excluding hydrogens is 447 g/mol. The number of benzene rings is 2. The smallest absolute Gasteiger partial charge is 0.318 e. The molecule has 9 nitrogen and oxygen atoms in total. The molecule has 34 heavy (non-hydrogen) atoms. The predicted molar refractivity (Wildman–Crippen MR) is 120 cm³/mol. The van der Waals surface area contributed by atoms with Crippen molar-refractivity contribution in [2.75, 3.05) is 7.05 Å². The number of hydrogen-bond acceptors (Lipinski definition) is 7. The molecule has 0 saturated carbocycles. The van der Waals surface area contributed by atoms with Gasteiger partial charge in [0, 0.05) is 15.7 Å². The van der Waals surface area contributed by atoms with Crippen molar-refractivity contribution in [3.8, 4) is 11.5 Å². The summed E-state index contributed by atoms with van der Waals surface area (Å²) in [7, 11) is 1.02. The number of aryl methyl sites for hydroxylation is 1. The van der Waals surface area contributed by atoms with Crippen molar-refractivity contribution >= 4 is 22.9 Å². The van der Waals surface area contributed by atoms with Crippen LogP contribution in [0, 0.1) is 20.8 Å². The summed E-state index contributed by atoms with van der Waals surface area (Å²) in [6, 6.07) is 6.18. The molecule has 0 bridgehead atoms. The number of nitrogens with zero attached hydrogens (tertiary/aromatic N) is 2. The Labute approximate surface area is 195 Å². The Balaban J connectivity index is 2.12. The number of nitro groups is 1. The topological polar surface area (TPSA) is 116 Å². The van der Waals surface area contributed by atoms with Crippen LogP contribution in [0.2, 0.25) is 0 Å². The molecular formula is C24H26FN2O7+. The molecule has 1 saturated heterocycles. The molecule has 180 valence electrons. The van der Waals surface area contributed by atoms with E-state index in [1.165, 1.54) is 12.1 Å². The van der Waals surface area contributed by atoms with E-state index in [4.69, 9.17) is 9.47 Å². The van der Waals surface area contributed by atoms with Crippen molar-refractivity contribution in [1.29, 1.82) is 0 Å². The SMILES string of the molecule is CCc1ccc(Oc2cc(F)c([N+](C)=O)cc2[N+](=O)[O-])cc1C1C(=O)C(C)(C)OC(C)(C)C1=O. The van der Waals surface area contributed by atoms with Gasteiger partial charge in [-0.05, 0) is 57.4 Å². The number of carbonyl (C=O) groups is 2. The van der Waals surface area contributed by atoms with Gasteiger partial charge in [0.2, 0.25) is 11.6 Å². The third-order valence-electron chi connectivity index (χ3n) is 5.82. The minimum atomic E-state index is -1.22. The van der Waals surface area contributed by atoms with E-state index in [2.05, 4.69) is 0 Å². The molecule has 0 spiro atoms. The van der Waals surface area contributed by atoms with E-state index < -0.39 is 56.6 Å². The van der Waals surface area contributed by atoms with Gasteiger partial charge in [0.15, 0.2) is 18.6 Å². The average molecular weight is 473 g/mol. The van der Waals surface area contributed by atoms with Crippen LogP contribution in [0.1, 0.15) is 51.7 Å². The molecule has 0 N–H and O–H groups in total. The van der Waals surface area contributed by atoms with E-state index in [1.807, 2.05) is 6.92 Å². The minimum absolute atomic E-state index is 0.0700. The monoisotopic (exact) mass is 473 g/mol. The quantitative estimate of drug-likeness (QED) is 0.253. The first-order valence-electron chi connectivity index (χ1n) is 10.7. The Morgan fingerprint density at radius 2 is 1.62 bits per heavy atom. The van der Waals surface area contributed by atoms with Gasteiger partial charge in [-0.25, -0.2) is 0 Å². The molecule has 1 heterocycles. The van der Waals surface area contributed by atoms with Gasteiger partial charge >= 0.3 is 5.69 Å². The molecule has 2 aromatic carbocycles. The second-order valence-electron chi connectivity index (χ2n) is 9.13. The van der Waals surface area contributed by atoms with Gasteiger partial charge in [0.25, 0.3) is 5.69 Å². The van der Waals surface area contributed by atoms with E-state index >= 15 is 0 Å². The fraction of sp³-hybridized carbons (Fsp3) is 0.417. The largest absolute Gasteiger partial charge is 0.450 e. The summed E-state index contributed by atoms with van der Waals surface area (Å²) >= 11 is 0. The van der Waals surface area contributed by atoms with Gasteiger partial charge in [-0.1, -0.05) is 13.0 Å². The van der Waals surface area contributed by atoms with Gasteiger partial charge < -0.3 is 9.47 Å². The Morgan fingerprint density at radius 3 is 2.12 bits per heavy atom. The van der Waals surface area contributed by atoms with Crippen molar-refractivity contribution in [2.24, 2.45) is 0 Å². The van der Waals surface area contributed by atoms with Crippen LogP contribution in [-0.2, 0) is 20.7 Å². The van der Waals surface area contributed by atoms with E-state index in [1.54, 1.807) is 33.8 Å². The highest BCUT2D eigenvalue weighted by Crippen LogP contribution is 2.42. The van der Waals surface area contributed by atoms with Crippen LogP contribution in [0.3, 0.4) is 0 Å².